The average Bonchev–Trinajstić information content (AvgIpc) is 3.94. The molecule has 17 heteroatoms. The summed E-state index contributed by atoms with van der Waals surface area (Å²) in [6, 6.07) is 9.93. The molecule has 0 saturated carbocycles. The van der Waals surface area contributed by atoms with Crippen molar-refractivity contribution in [1.82, 2.24) is 31.9 Å². The van der Waals surface area contributed by atoms with Gasteiger partial charge in [0.25, 0.3) is 0 Å². The number of ether oxygens (including phenoxy) is 2. The van der Waals surface area contributed by atoms with Gasteiger partial charge in [-0.05, 0) is 97.6 Å². The zero-order chi connectivity index (χ0) is 50.6. The summed E-state index contributed by atoms with van der Waals surface area (Å²) in [6.45, 7) is 13.1. The van der Waals surface area contributed by atoms with Crippen LogP contribution in [-0.2, 0) is 46.4 Å². The predicted molar refractivity (Wildman–Crippen MR) is 261 cm³/mol. The van der Waals surface area contributed by atoms with Crippen molar-refractivity contribution < 1.29 is 43.0 Å². The number of methoxy groups -OCH3 is 2. The quantitative estimate of drug-likeness (QED) is 0.120. The Morgan fingerprint density at radius 3 is 1.51 bits per heavy atom. The molecule has 372 valence electrons. The monoisotopic (exact) mass is 951 g/mol. The SMILES string of the molecule is COc1cccc2c1C=C(C(=O)N[C@@H](CC(C)(C)C)C(=O)N[C@@H](C[C@@H]1CCCNC1=O)C(N)=O)C2.COc1cccc2c1C=C(C(=O)N[C@@H](CC(C)(C)C)C(=O)N[C@H](C#N)C[C@@H]1CCCNC1=O)C2. The molecule has 2 aliphatic heterocycles. The molecule has 17 nitrogen and oxygen atoms in total. The normalized spacial score (nSPS) is 19.1. The molecule has 0 unspecified atom stereocenters. The molecule has 6 rings (SSSR count). The highest BCUT2D eigenvalue weighted by Crippen LogP contribution is 2.34. The highest BCUT2D eigenvalue weighted by atomic mass is 16.5. The zero-order valence-corrected chi connectivity index (χ0v) is 41.3. The number of carbonyl (C=O) groups is 7. The van der Waals surface area contributed by atoms with E-state index in [0.29, 0.717) is 74.3 Å². The molecule has 2 aromatic rings. The van der Waals surface area contributed by atoms with Crippen LogP contribution < -0.4 is 47.1 Å². The molecular weight excluding hydrogens is 881 g/mol. The molecule has 2 saturated heterocycles. The minimum absolute atomic E-state index is 0.0801. The van der Waals surface area contributed by atoms with Crippen molar-refractivity contribution in [3.05, 3.63) is 69.8 Å². The summed E-state index contributed by atoms with van der Waals surface area (Å²) in [4.78, 5) is 89.0. The molecule has 2 fully saturated rings. The van der Waals surface area contributed by atoms with Crippen molar-refractivity contribution >= 4 is 53.5 Å². The van der Waals surface area contributed by atoms with Gasteiger partial charge in [0.2, 0.25) is 41.4 Å². The summed E-state index contributed by atoms with van der Waals surface area (Å²) in [7, 11) is 3.17. The Kier molecular flexibility index (Phi) is 18.2. The van der Waals surface area contributed by atoms with E-state index >= 15 is 0 Å². The van der Waals surface area contributed by atoms with Crippen LogP contribution in [-0.4, -0.2) is 92.8 Å². The number of hydrogen-bond donors (Lipinski definition) is 7. The molecule has 0 spiro atoms. The lowest BCUT2D eigenvalue weighted by Gasteiger charge is -2.29. The second kappa shape index (κ2) is 23.5. The van der Waals surface area contributed by atoms with E-state index in [9.17, 15) is 38.8 Å². The molecule has 6 atom stereocenters. The van der Waals surface area contributed by atoms with Gasteiger partial charge in [0.1, 0.15) is 35.7 Å². The first-order chi connectivity index (χ1) is 32.6. The average molecular weight is 951 g/mol. The van der Waals surface area contributed by atoms with Crippen LogP contribution in [0, 0.1) is 34.0 Å². The van der Waals surface area contributed by atoms with Crippen LogP contribution in [0.3, 0.4) is 0 Å². The van der Waals surface area contributed by atoms with Gasteiger partial charge in [-0.25, -0.2) is 0 Å². The maximum absolute atomic E-state index is 13.3. The first kappa shape index (κ1) is 53.3. The topological polar surface area (TPSA) is 260 Å². The minimum atomic E-state index is -1.00. The second-order valence-corrected chi connectivity index (χ2v) is 20.7. The van der Waals surface area contributed by atoms with E-state index < -0.39 is 47.8 Å². The Bertz CT molecular complexity index is 2370. The summed E-state index contributed by atoms with van der Waals surface area (Å²) in [5, 5.41) is 26.4. The van der Waals surface area contributed by atoms with E-state index in [1.807, 2.05) is 77.9 Å². The number of nitriles is 1. The predicted octanol–water partition coefficient (Wildman–Crippen LogP) is 3.92. The molecule has 69 heavy (non-hydrogen) atoms. The Labute approximate surface area is 405 Å². The Morgan fingerprint density at radius 2 is 1.12 bits per heavy atom. The summed E-state index contributed by atoms with van der Waals surface area (Å²) in [5.74, 6) is -1.82. The number of piperidine rings is 2. The Morgan fingerprint density at radius 1 is 0.681 bits per heavy atom. The molecule has 0 radical (unpaired) electrons. The fourth-order valence-electron chi connectivity index (χ4n) is 9.09. The summed E-state index contributed by atoms with van der Waals surface area (Å²) < 4.78 is 10.8. The summed E-state index contributed by atoms with van der Waals surface area (Å²) in [5.41, 5.74) is 9.83. The van der Waals surface area contributed by atoms with Crippen LogP contribution in [0.1, 0.15) is 115 Å². The zero-order valence-electron chi connectivity index (χ0n) is 41.3. The van der Waals surface area contributed by atoms with Crippen LogP contribution in [0.25, 0.3) is 12.2 Å². The smallest absolute Gasteiger partial charge is 0.248 e. The molecule has 8 N–H and O–H groups in total. The largest absolute Gasteiger partial charge is 0.496 e. The van der Waals surface area contributed by atoms with Crippen molar-refractivity contribution in [2.45, 2.75) is 130 Å². The van der Waals surface area contributed by atoms with E-state index in [1.54, 1.807) is 26.4 Å². The molecule has 2 aromatic carbocycles. The number of hydrogen-bond acceptors (Lipinski definition) is 10. The van der Waals surface area contributed by atoms with Gasteiger partial charge in [0, 0.05) is 60.0 Å². The van der Waals surface area contributed by atoms with Crippen molar-refractivity contribution in [2.75, 3.05) is 27.3 Å². The number of carbonyl (C=O) groups excluding carboxylic acids is 7. The Hall–Kier alpha value is -6.70. The van der Waals surface area contributed by atoms with Crippen molar-refractivity contribution in [2.24, 2.45) is 28.4 Å². The first-order valence-electron chi connectivity index (χ1n) is 23.8. The molecule has 4 aliphatic rings. The molecule has 7 amide bonds. The van der Waals surface area contributed by atoms with E-state index in [1.165, 1.54) is 0 Å². The Balaban J connectivity index is 0.000000258. The van der Waals surface area contributed by atoms with Crippen LogP contribution in [0.5, 0.6) is 11.5 Å². The number of nitrogens with one attached hydrogen (secondary N) is 6. The minimum Gasteiger partial charge on any atom is -0.496 e. The highest BCUT2D eigenvalue weighted by molar-refractivity contribution is 6.04. The van der Waals surface area contributed by atoms with Crippen LogP contribution in [0.4, 0.5) is 0 Å². The third-order valence-corrected chi connectivity index (χ3v) is 12.6. The number of nitrogens with two attached hydrogens (primary N) is 1. The van der Waals surface area contributed by atoms with E-state index in [0.717, 1.165) is 35.1 Å². The van der Waals surface area contributed by atoms with Gasteiger partial charge in [0.05, 0.1) is 20.3 Å². The molecule has 2 heterocycles. The number of fused-ring (bicyclic) bond motifs is 2. The number of amides is 7. The fraction of sp³-hybridized carbons (Fsp3) is 0.538. The molecular formula is C52H70N8O9. The lowest BCUT2D eigenvalue weighted by Crippen LogP contribution is -2.55. The van der Waals surface area contributed by atoms with E-state index in [2.05, 4.69) is 38.0 Å². The molecule has 0 bridgehead atoms. The maximum atomic E-state index is 13.3. The first-order valence-corrected chi connectivity index (χ1v) is 23.8. The standard InChI is InChI=1S/C26H36N4O5.C26H34N4O4/c1-26(2,3)14-20(25(34)29-19(22(27)31)13-16-8-6-10-28-23(16)32)30-24(33)17-11-15-7-5-9-21(35-4)18(15)12-17;1-26(2,3)14-21(25(33)29-19(15-27)12-17-8-6-10-28-23(17)31)30-24(32)18-11-16-7-5-9-22(34-4)20(16)13-18/h5,7,9,12,16,19-20H,6,8,10-11,13-14H2,1-4H3,(H2,27,31)(H,28,32)(H,29,34)(H,30,33);5,7,9,13,17,19,21H,6,8,10-12,14H2,1-4H3,(H,28,31)(H,29,33)(H,30,32)/t16-,19-,20-;17-,19-,21-/m00/s1. The van der Waals surface area contributed by atoms with Gasteiger partial charge < -0.3 is 47.1 Å². The van der Waals surface area contributed by atoms with Gasteiger partial charge >= 0.3 is 0 Å². The van der Waals surface area contributed by atoms with Crippen molar-refractivity contribution in [3.8, 4) is 17.6 Å². The highest BCUT2D eigenvalue weighted by Gasteiger charge is 2.35. The van der Waals surface area contributed by atoms with Crippen LogP contribution >= 0.6 is 0 Å². The van der Waals surface area contributed by atoms with E-state index in [4.69, 9.17) is 15.2 Å². The van der Waals surface area contributed by atoms with Crippen LogP contribution in [0.15, 0.2) is 47.5 Å². The van der Waals surface area contributed by atoms with Gasteiger partial charge in [-0.1, -0.05) is 65.8 Å². The number of rotatable bonds is 17. The maximum Gasteiger partial charge on any atom is 0.248 e. The van der Waals surface area contributed by atoms with Gasteiger partial charge in [-0.15, -0.1) is 0 Å². The lowest BCUT2D eigenvalue weighted by atomic mass is 9.87. The molecule has 0 aromatic heterocycles. The summed E-state index contributed by atoms with van der Waals surface area (Å²) >= 11 is 0. The number of nitrogens with zero attached hydrogens (tertiary/aromatic N) is 1. The third-order valence-electron chi connectivity index (χ3n) is 12.6. The van der Waals surface area contributed by atoms with Gasteiger partial charge in [-0.3, -0.25) is 33.6 Å². The third kappa shape index (κ3) is 15.1. The second-order valence-electron chi connectivity index (χ2n) is 20.7. The summed E-state index contributed by atoms with van der Waals surface area (Å²) in [6.07, 6.45) is 8.59. The van der Waals surface area contributed by atoms with Crippen molar-refractivity contribution in [3.63, 3.8) is 0 Å². The lowest BCUT2D eigenvalue weighted by molar-refractivity contribution is -0.132. The van der Waals surface area contributed by atoms with Gasteiger partial charge in [-0.2, -0.15) is 5.26 Å². The van der Waals surface area contributed by atoms with Gasteiger partial charge in [0.15, 0.2) is 0 Å². The van der Waals surface area contributed by atoms with Crippen molar-refractivity contribution in [1.29, 1.82) is 5.26 Å². The number of benzene rings is 2. The van der Waals surface area contributed by atoms with E-state index in [-0.39, 0.29) is 53.2 Å². The number of primary amides is 1. The van der Waals surface area contributed by atoms with Crippen LogP contribution in [0.2, 0.25) is 0 Å². The molecule has 2 aliphatic carbocycles. The fourth-order valence-corrected chi connectivity index (χ4v) is 9.09.